The minimum atomic E-state index is 0.113. The lowest BCUT2D eigenvalue weighted by Crippen LogP contribution is -2.15. The lowest BCUT2D eigenvalue weighted by molar-refractivity contribution is 0.438. The number of aromatic nitrogens is 3. The summed E-state index contributed by atoms with van der Waals surface area (Å²) in [6.45, 7) is 0. The van der Waals surface area contributed by atoms with Crippen LogP contribution in [-0.4, -0.2) is 29.0 Å². The SMILES string of the molecule is CN(C)c1nc(N)nc(Oc2ccc(Br)cc2Br)n1. The Morgan fingerprint density at radius 2 is 1.89 bits per heavy atom. The highest BCUT2D eigenvalue weighted by molar-refractivity contribution is 9.11. The van der Waals surface area contributed by atoms with Crippen LogP contribution in [0.4, 0.5) is 11.9 Å². The van der Waals surface area contributed by atoms with E-state index in [4.69, 9.17) is 10.5 Å². The number of ether oxygens (including phenoxy) is 1. The molecule has 1 aromatic heterocycles. The van der Waals surface area contributed by atoms with E-state index in [0.717, 1.165) is 8.95 Å². The number of nitrogens with zero attached hydrogens (tertiary/aromatic N) is 4. The first kappa shape index (κ1) is 14.0. The molecule has 0 unspecified atom stereocenters. The molecule has 0 atom stereocenters. The van der Waals surface area contributed by atoms with Crippen molar-refractivity contribution < 1.29 is 4.74 Å². The maximum atomic E-state index is 5.62. The number of rotatable bonds is 3. The third-order valence-corrected chi connectivity index (χ3v) is 3.23. The van der Waals surface area contributed by atoms with E-state index in [9.17, 15) is 0 Å². The van der Waals surface area contributed by atoms with Crippen molar-refractivity contribution in [2.75, 3.05) is 24.7 Å². The number of nitrogens with two attached hydrogens (primary N) is 1. The van der Waals surface area contributed by atoms with E-state index in [2.05, 4.69) is 46.8 Å². The zero-order valence-electron chi connectivity index (χ0n) is 10.3. The Balaban J connectivity index is 2.32. The summed E-state index contributed by atoms with van der Waals surface area (Å²) in [5, 5.41) is 0. The Bertz CT molecular complexity index is 606. The topological polar surface area (TPSA) is 77.2 Å². The number of hydrogen-bond donors (Lipinski definition) is 1. The Hall–Kier alpha value is -1.41. The fraction of sp³-hybridized carbons (Fsp3) is 0.182. The number of benzene rings is 1. The van der Waals surface area contributed by atoms with E-state index in [1.165, 1.54) is 0 Å². The highest BCUT2D eigenvalue weighted by atomic mass is 79.9. The van der Waals surface area contributed by atoms with Crippen molar-refractivity contribution in [3.05, 3.63) is 27.1 Å². The molecule has 0 saturated carbocycles. The van der Waals surface area contributed by atoms with Gasteiger partial charge in [-0.1, -0.05) is 15.9 Å². The second-order valence-corrected chi connectivity index (χ2v) is 5.62. The Kier molecular flexibility index (Phi) is 4.20. The van der Waals surface area contributed by atoms with Crippen LogP contribution in [-0.2, 0) is 0 Å². The molecule has 2 aromatic rings. The molecule has 0 aliphatic rings. The molecule has 100 valence electrons. The zero-order valence-corrected chi connectivity index (χ0v) is 13.4. The third-order valence-electron chi connectivity index (χ3n) is 2.12. The van der Waals surface area contributed by atoms with Gasteiger partial charge in [-0.25, -0.2) is 0 Å². The zero-order chi connectivity index (χ0) is 14.0. The average Bonchev–Trinajstić information content (AvgIpc) is 2.32. The quantitative estimate of drug-likeness (QED) is 0.870. The molecule has 0 bridgehead atoms. The molecule has 0 saturated heterocycles. The van der Waals surface area contributed by atoms with Gasteiger partial charge in [0.1, 0.15) is 5.75 Å². The molecule has 0 aliphatic heterocycles. The Morgan fingerprint density at radius 1 is 1.16 bits per heavy atom. The van der Waals surface area contributed by atoms with Gasteiger partial charge >= 0.3 is 6.01 Å². The van der Waals surface area contributed by atoms with Crippen LogP contribution in [0.15, 0.2) is 27.1 Å². The number of halogens is 2. The second kappa shape index (κ2) is 5.70. The summed E-state index contributed by atoms with van der Waals surface area (Å²) >= 11 is 6.77. The van der Waals surface area contributed by atoms with Crippen LogP contribution < -0.4 is 15.4 Å². The summed E-state index contributed by atoms with van der Waals surface area (Å²) in [4.78, 5) is 13.8. The summed E-state index contributed by atoms with van der Waals surface area (Å²) in [6, 6.07) is 5.67. The molecule has 0 radical (unpaired) electrons. The molecule has 1 heterocycles. The normalized spacial score (nSPS) is 10.3. The van der Waals surface area contributed by atoms with E-state index >= 15 is 0 Å². The minimum Gasteiger partial charge on any atom is -0.423 e. The Morgan fingerprint density at radius 3 is 2.53 bits per heavy atom. The van der Waals surface area contributed by atoms with Crippen molar-refractivity contribution in [3.8, 4) is 11.8 Å². The van der Waals surface area contributed by atoms with E-state index < -0.39 is 0 Å². The van der Waals surface area contributed by atoms with Crippen LogP contribution in [0.3, 0.4) is 0 Å². The number of nitrogen functional groups attached to an aromatic ring is 1. The predicted molar refractivity (Wildman–Crippen MR) is 80.5 cm³/mol. The van der Waals surface area contributed by atoms with Crippen molar-refractivity contribution >= 4 is 43.8 Å². The molecule has 1 aromatic carbocycles. The molecule has 8 heteroatoms. The molecule has 6 nitrogen and oxygen atoms in total. The highest BCUT2D eigenvalue weighted by Crippen LogP contribution is 2.31. The second-order valence-electron chi connectivity index (χ2n) is 3.85. The van der Waals surface area contributed by atoms with Gasteiger partial charge in [-0.05, 0) is 34.1 Å². The monoisotopic (exact) mass is 387 g/mol. The van der Waals surface area contributed by atoms with E-state index in [-0.39, 0.29) is 12.0 Å². The van der Waals surface area contributed by atoms with Crippen molar-refractivity contribution in [3.63, 3.8) is 0 Å². The first-order valence-corrected chi connectivity index (χ1v) is 6.86. The van der Waals surface area contributed by atoms with E-state index in [1.54, 1.807) is 11.0 Å². The third kappa shape index (κ3) is 3.54. The van der Waals surface area contributed by atoms with Gasteiger partial charge in [-0.2, -0.15) is 15.0 Å². The van der Waals surface area contributed by atoms with Crippen LogP contribution >= 0.6 is 31.9 Å². The van der Waals surface area contributed by atoms with Gasteiger partial charge in [-0.3, -0.25) is 0 Å². The van der Waals surface area contributed by atoms with Gasteiger partial charge in [0.2, 0.25) is 11.9 Å². The van der Waals surface area contributed by atoms with Gasteiger partial charge in [0.25, 0.3) is 0 Å². The van der Waals surface area contributed by atoms with Gasteiger partial charge in [0.15, 0.2) is 0 Å². The average molecular weight is 389 g/mol. The summed E-state index contributed by atoms with van der Waals surface area (Å²) in [5.74, 6) is 1.15. The molecular formula is C11H11Br2N5O. The molecule has 0 spiro atoms. The standard InChI is InChI=1S/C11H11Br2N5O/c1-18(2)10-15-9(14)16-11(17-10)19-8-4-3-6(12)5-7(8)13/h3-5H,1-2H3,(H2,14,15,16,17). The summed E-state index contributed by atoms with van der Waals surface area (Å²) in [6.07, 6.45) is 0. The maximum absolute atomic E-state index is 5.62. The molecule has 19 heavy (non-hydrogen) atoms. The molecule has 0 fully saturated rings. The largest absolute Gasteiger partial charge is 0.423 e. The molecule has 2 rings (SSSR count). The van der Waals surface area contributed by atoms with Crippen LogP contribution in [0.1, 0.15) is 0 Å². The molecule has 0 aliphatic carbocycles. The smallest absolute Gasteiger partial charge is 0.328 e. The summed E-state index contributed by atoms with van der Waals surface area (Å²) < 4.78 is 7.32. The molecule has 0 amide bonds. The maximum Gasteiger partial charge on any atom is 0.328 e. The van der Waals surface area contributed by atoms with Crippen LogP contribution in [0.2, 0.25) is 0 Å². The van der Waals surface area contributed by atoms with Crippen molar-refractivity contribution in [1.82, 2.24) is 15.0 Å². The number of anilines is 2. The lowest BCUT2D eigenvalue weighted by Gasteiger charge is -2.12. The van der Waals surface area contributed by atoms with Crippen LogP contribution in [0.25, 0.3) is 0 Å². The van der Waals surface area contributed by atoms with Crippen molar-refractivity contribution in [2.45, 2.75) is 0 Å². The molecular weight excluding hydrogens is 378 g/mol. The minimum absolute atomic E-state index is 0.113. The molecule has 2 N–H and O–H groups in total. The van der Waals surface area contributed by atoms with Crippen LogP contribution in [0, 0.1) is 0 Å². The first-order chi connectivity index (χ1) is 8.95. The van der Waals surface area contributed by atoms with Gasteiger partial charge < -0.3 is 15.4 Å². The summed E-state index contributed by atoms with van der Waals surface area (Å²) in [5.41, 5.74) is 5.62. The fourth-order valence-corrected chi connectivity index (χ4v) is 2.39. The van der Waals surface area contributed by atoms with E-state index in [1.807, 2.05) is 26.2 Å². The first-order valence-electron chi connectivity index (χ1n) is 5.27. The fourth-order valence-electron chi connectivity index (χ4n) is 1.26. The highest BCUT2D eigenvalue weighted by Gasteiger charge is 2.10. The van der Waals surface area contributed by atoms with Gasteiger partial charge in [0, 0.05) is 18.6 Å². The lowest BCUT2D eigenvalue weighted by atomic mass is 10.3. The number of hydrogen-bond acceptors (Lipinski definition) is 6. The van der Waals surface area contributed by atoms with Crippen molar-refractivity contribution in [1.29, 1.82) is 0 Å². The van der Waals surface area contributed by atoms with E-state index in [0.29, 0.717) is 11.7 Å². The van der Waals surface area contributed by atoms with Crippen molar-refractivity contribution in [2.24, 2.45) is 0 Å². The summed E-state index contributed by atoms with van der Waals surface area (Å²) in [7, 11) is 3.63. The Labute approximate surface area is 127 Å². The van der Waals surface area contributed by atoms with Gasteiger partial charge in [-0.15, -0.1) is 0 Å². The predicted octanol–water partition coefficient (Wildman–Crippen LogP) is 2.84. The van der Waals surface area contributed by atoms with Crippen LogP contribution in [0.5, 0.6) is 11.8 Å². The van der Waals surface area contributed by atoms with Gasteiger partial charge in [0.05, 0.1) is 4.47 Å².